The van der Waals surface area contributed by atoms with Crippen molar-refractivity contribution < 1.29 is 19.5 Å². The van der Waals surface area contributed by atoms with Gasteiger partial charge in [-0.3, -0.25) is 14.4 Å². The van der Waals surface area contributed by atoms with Crippen molar-refractivity contribution in [2.45, 2.75) is 17.7 Å². The quantitative estimate of drug-likeness (QED) is 0.772. The van der Waals surface area contributed by atoms with Crippen LogP contribution in [-0.4, -0.2) is 42.2 Å². The third-order valence-corrected chi connectivity index (χ3v) is 4.26. The summed E-state index contributed by atoms with van der Waals surface area (Å²) in [5.41, 5.74) is 0.781. The summed E-state index contributed by atoms with van der Waals surface area (Å²) in [5, 5.41) is 11.1. The Balaban J connectivity index is 1.94. The number of carbonyl (C=O) groups is 3. The predicted octanol–water partition coefficient (Wildman–Crippen LogP) is 1.35. The Labute approximate surface area is 132 Å². The highest BCUT2D eigenvalue weighted by molar-refractivity contribution is 7.98. The normalized spacial score (nSPS) is 17.6. The van der Waals surface area contributed by atoms with Gasteiger partial charge in [0.2, 0.25) is 11.8 Å². The van der Waals surface area contributed by atoms with E-state index in [1.165, 1.54) is 0 Å². The number of amides is 2. The Morgan fingerprint density at radius 2 is 2.05 bits per heavy atom. The van der Waals surface area contributed by atoms with Crippen molar-refractivity contribution in [3.8, 4) is 0 Å². The maximum absolute atomic E-state index is 12.1. The Morgan fingerprint density at radius 3 is 2.64 bits per heavy atom. The summed E-state index contributed by atoms with van der Waals surface area (Å²) in [7, 11) is 0. The number of carbonyl (C=O) groups excluding carboxylic acids is 2. The van der Waals surface area contributed by atoms with Gasteiger partial charge in [0.25, 0.3) is 0 Å². The van der Waals surface area contributed by atoms with Crippen molar-refractivity contribution >= 4 is 35.2 Å². The molecule has 6 nitrogen and oxygen atoms in total. The van der Waals surface area contributed by atoms with Gasteiger partial charge in [-0.1, -0.05) is 0 Å². The van der Waals surface area contributed by atoms with Crippen LogP contribution in [0.1, 0.15) is 12.8 Å². The van der Waals surface area contributed by atoms with Crippen LogP contribution in [0, 0.1) is 5.92 Å². The highest BCUT2D eigenvalue weighted by Crippen LogP contribution is 2.27. The van der Waals surface area contributed by atoms with Crippen LogP contribution in [0.25, 0.3) is 0 Å². The lowest BCUT2D eigenvalue weighted by atomic mass is 10.1. The average molecular weight is 322 g/mol. The third kappa shape index (κ3) is 4.00. The van der Waals surface area contributed by atoms with Crippen molar-refractivity contribution in [2.24, 2.45) is 5.92 Å². The lowest BCUT2D eigenvalue weighted by Crippen LogP contribution is -2.34. The Morgan fingerprint density at radius 1 is 1.36 bits per heavy atom. The monoisotopic (exact) mass is 322 g/mol. The van der Waals surface area contributed by atoms with Crippen molar-refractivity contribution in [1.82, 2.24) is 5.32 Å². The smallest absolute Gasteiger partial charge is 0.305 e. The van der Waals surface area contributed by atoms with E-state index in [-0.39, 0.29) is 31.2 Å². The molecular formula is C15H18N2O4S. The summed E-state index contributed by atoms with van der Waals surface area (Å²) in [6.45, 7) is 0.414. The van der Waals surface area contributed by atoms with Gasteiger partial charge >= 0.3 is 5.97 Å². The molecule has 1 heterocycles. The molecule has 0 radical (unpaired) electrons. The largest absolute Gasteiger partial charge is 0.481 e. The van der Waals surface area contributed by atoms with Gasteiger partial charge in [-0.05, 0) is 30.5 Å². The van der Waals surface area contributed by atoms with E-state index < -0.39 is 11.9 Å². The molecule has 1 fully saturated rings. The number of hydrogen-bond acceptors (Lipinski definition) is 4. The van der Waals surface area contributed by atoms with Crippen molar-refractivity contribution in [2.75, 3.05) is 24.2 Å². The SMILES string of the molecule is CSc1ccc(N2CC(C(=O)NCCC(=O)O)CC2=O)cc1. The molecule has 1 aliphatic rings. The van der Waals surface area contributed by atoms with Crippen LogP contribution < -0.4 is 10.2 Å². The number of anilines is 1. The number of rotatable bonds is 6. The Kier molecular flexibility index (Phi) is 5.43. The maximum Gasteiger partial charge on any atom is 0.305 e. The molecule has 2 N–H and O–H groups in total. The molecule has 2 amide bonds. The van der Waals surface area contributed by atoms with Crippen molar-refractivity contribution in [3.05, 3.63) is 24.3 Å². The topological polar surface area (TPSA) is 86.7 Å². The predicted molar refractivity (Wildman–Crippen MR) is 83.9 cm³/mol. The molecule has 22 heavy (non-hydrogen) atoms. The number of thioether (sulfide) groups is 1. The van der Waals surface area contributed by atoms with Gasteiger partial charge in [-0.25, -0.2) is 0 Å². The molecular weight excluding hydrogens is 304 g/mol. The lowest BCUT2D eigenvalue weighted by Gasteiger charge is -2.17. The summed E-state index contributed by atoms with van der Waals surface area (Å²) in [5.74, 6) is -1.74. The van der Waals surface area contributed by atoms with Crippen LogP contribution in [0.15, 0.2) is 29.2 Å². The first-order valence-corrected chi connectivity index (χ1v) is 8.17. The minimum Gasteiger partial charge on any atom is -0.481 e. The highest BCUT2D eigenvalue weighted by atomic mass is 32.2. The second kappa shape index (κ2) is 7.31. The molecule has 1 aliphatic heterocycles. The zero-order chi connectivity index (χ0) is 16.1. The molecule has 2 rings (SSSR count). The van der Waals surface area contributed by atoms with E-state index in [1.54, 1.807) is 16.7 Å². The van der Waals surface area contributed by atoms with Gasteiger partial charge in [0.1, 0.15) is 0 Å². The third-order valence-electron chi connectivity index (χ3n) is 3.52. The Bertz CT molecular complexity index is 573. The lowest BCUT2D eigenvalue weighted by molar-refractivity contribution is -0.137. The number of nitrogens with zero attached hydrogens (tertiary/aromatic N) is 1. The van der Waals surface area contributed by atoms with Crippen molar-refractivity contribution in [3.63, 3.8) is 0 Å². The average Bonchev–Trinajstić information content (AvgIpc) is 2.89. The first kappa shape index (κ1) is 16.4. The Hall–Kier alpha value is -2.02. The van der Waals surface area contributed by atoms with Gasteiger partial charge in [0.15, 0.2) is 0 Å². The van der Waals surface area contributed by atoms with E-state index in [0.717, 1.165) is 10.6 Å². The first-order chi connectivity index (χ1) is 10.5. The van der Waals surface area contributed by atoms with Gasteiger partial charge in [-0.2, -0.15) is 0 Å². The molecule has 0 spiro atoms. The number of carboxylic acid groups (broad SMARTS) is 1. The number of hydrogen-bond donors (Lipinski definition) is 2. The molecule has 1 saturated heterocycles. The molecule has 118 valence electrons. The van der Waals surface area contributed by atoms with E-state index in [0.29, 0.717) is 6.54 Å². The van der Waals surface area contributed by atoms with E-state index in [4.69, 9.17) is 5.11 Å². The van der Waals surface area contributed by atoms with Crippen LogP contribution in [0.2, 0.25) is 0 Å². The summed E-state index contributed by atoms with van der Waals surface area (Å²) < 4.78 is 0. The van der Waals surface area contributed by atoms with E-state index >= 15 is 0 Å². The van der Waals surface area contributed by atoms with Gasteiger partial charge in [0.05, 0.1) is 12.3 Å². The molecule has 7 heteroatoms. The molecule has 0 aromatic heterocycles. The zero-order valence-electron chi connectivity index (χ0n) is 12.2. The standard InChI is InChI=1S/C15H18N2O4S/c1-22-12-4-2-11(3-5-12)17-9-10(8-13(17)18)15(21)16-7-6-14(19)20/h2-5,10H,6-9H2,1H3,(H,16,21)(H,19,20). The minimum absolute atomic E-state index is 0.0846. The van der Waals surface area contributed by atoms with Crippen LogP contribution >= 0.6 is 11.8 Å². The minimum atomic E-state index is -0.960. The summed E-state index contributed by atoms with van der Waals surface area (Å²) in [6, 6.07) is 7.62. The van der Waals surface area contributed by atoms with Gasteiger partial charge in [0, 0.05) is 30.1 Å². The second-order valence-electron chi connectivity index (χ2n) is 5.04. The molecule has 0 saturated carbocycles. The summed E-state index contributed by atoms with van der Waals surface area (Å²) >= 11 is 1.62. The van der Waals surface area contributed by atoms with E-state index in [9.17, 15) is 14.4 Å². The van der Waals surface area contributed by atoms with Crippen molar-refractivity contribution in [1.29, 1.82) is 0 Å². The van der Waals surface area contributed by atoms with Gasteiger partial charge in [-0.15, -0.1) is 11.8 Å². The molecule has 1 aromatic rings. The number of benzene rings is 1. The van der Waals surface area contributed by atoms with Crippen LogP contribution in [-0.2, 0) is 14.4 Å². The molecule has 1 aromatic carbocycles. The molecule has 0 bridgehead atoms. The summed E-state index contributed by atoms with van der Waals surface area (Å²) in [6.07, 6.45) is 2.02. The van der Waals surface area contributed by atoms with E-state index in [2.05, 4.69) is 5.32 Å². The number of aliphatic carboxylic acids is 1. The van der Waals surface area contributed by atoms with Gasteiger partial charge < -0.3 is 15.3 Å². The summed E-state index contributed by atoms with van der Waals surface area (Å²) in [4.78, 5) is 37.2. The molecule has 1 unspecified atom stereocenters. The first-order valence-electron chi connectivity index (χ1n) is 6.95. The fourth-order valence-electron chi connectivity index (χ4n) is 2.33. The number of nitrogens with one attached hydrogen (secondary N) is 1. The molecule has 0 aliphatic carbocycles. The van der Waals surface area contributed by atoms with E-state index in [1.807, 2.05) is 30.5 Å². The second-order valence-corrected chi connectivity index (χ2v) is 5.92. The fourth-order valence-corrected chi connectivity index (χ4v) is 2.74. The molecule has 1 atom stereocenters. The maximum atomic E-state index is 12.1. The highest BCUT2D eigenvalue weighted by Gasteiger charge is 2.34. The van der Waals surface area contributed by atoms with Crippen LogP contribution in [0.3, 0.4) is 0 Å². The fraction of sp³-hybridized carbons (Fsp3) is 0.400. The van der Waals surface area contributed by atoms with Crippen LogP contribution in [0.4, 0.5) is 5.69 Å². The van der Waals surface area contributed by atoms with Crippen LogP contribution in [0.5, 0.6) is 0 Å². The number of carboxylic acids is 1. The zero-order valence-corrected chi connectivity index (χ0v) is 13.1.